The number of ether oxygens (including phenoxy) is 2. The monoisotopic (exact) mass is 331 g/mol. The van der Waals surface area contributed by atoms with E-state index in [9.17, 15) is 18.0 Å². The van der Waals surface area contributed by atoms with E-state index in [2.05, 4.69) is 4.74 Å². The van der Waals surface area contributed by atoms with Crippen molar-refractivity contribution < 1.29 is 27.4 Å². The molecule has 0 aromatic heterocycles. The van der Waals surface area contributed by atoms with Gasteiger partial charge in [0.05, 0.1) is 5.41 Å². The summed E-state index contributed by atoms with van der Waals surface area (Å²) in [5.74, 6) is -0.970. The lowest BCUT2D eigenvalue weighted by atomic mass is 9.61. The first kappa shape index (κ1) is 17.6. The smallest absolute Gasteiger partial charge is 0.459 e. The minimum Gasteiger partial charge on any atom is -0.459 e. The second kappa shape index (κ2) is 5.70. The maximum absolute atomic E-state index is 12.6. The lowest BCUT2D eigenvalue weighted by Gasteiger charge is -2.45. The van der Waals surface area contributed by atoms with E-state index >= 15 is 0 Å². The third-order valence-corrected chi connectivity index (χ3v) is 3.64. The molecule has 1 aliphatic carbocycles. The summed E-state index contributed by atoms with van der Waals surface area (Å²) in [5.41, 5.74) is 4.01. The zero-order valence-electron chi connectivity index (χ0n) is 13.2. The highest BCUT2D eigenvalue weighted by Gasteiger charge is 2.54. The number of hydrogen-bond acceptors (Lipinski definition) is 4. The van der Waals surface area contributed by atoms with Crippen molar-refractivity contribution in [3.05, 3.63) is 29.8 Å². The molecule has 0 amide bonds. The summed E-state index contributed by atoms with van der Waals surface area (Å²) in [5, 5.41) is 0. The van der Waals surface area contributed by atoms with Crippen LogP contribution in [0, 0.1) is 0 Å². The van der Waals surface area contributed by atoms with Crippen molar-refractivity contribution in [1.29, 1.82) is 0 Å². The zero-order chi connectivity index (χ0) is 17.5. The normalized spacial score (nSPS) is 24.7. The fourth-order valence-electron chi connectivity index (χ4n) is 2.78. The van der Waals surface area contributed by atoms with Crippen LogP contribution in [-0.2, 0) is 14.9 Å². The van der Waals surface area contributed by atoms with Gasteiger partial charge in [0.1, 0.15) is 11.4 Å². The number of carbonyl (C=O) groups is 1. The molecule has 1 aliphatic rings. The SMILES string of the molecule is CC(C)(C)OC(=O)C1(c2ccccc2OC(F)(F)F)CC(N)C1. The largest absolute Gasteiger partial charge is 0.573 e. The van der Waals surface area contributed by atoms with Gasteiger partial charge >= 0.3 is 12.3 Å². The Morgan fingerprint density at radius 2 is 1.78 bits per heavy atom. The fourth-order valence-corrected chi connectivity index (χ4v) is 2.78. The average Bonchev–Trinajstić information content (AvgIpc) is 2.31. The number of esters is 1. The summed E-state index contributed by atoms with van der Waals surface area (Å²) in [6.45, 7) is 5.11. The summed E-state index contributed by atoms with van der Waals surface area (Å²) in [6.07, 6.45) is -4.39. The molecular formula is C16H20F3NO3. The second-order valence-corrected chi connectivity index (χ2v) is 6.80. The zero-order valence-corrected chi connectivity index (χ0v) is 13.2. The maximum atomic E-state index is 12.6. The van der Waals surface area contributed by atoms with Gasteiger partial charge in [0, 0.05) is 11.6 Å². The Bertz CT molecular complexity index is 587. The number of carbonyl (C=O) groups excluding carboxylic acids is 1. The number of para-hydroxylation sites is 1. The van der Waals surface area contributed by atoms with E-state index in [0.29, 0.717) is 0 Å². The minimum absolute atomic E-state index is 0.160. The molecule has 0 spiro atoms. The molecule has 0 aliphatic heterocycles. The molecule has 1 aromatic carbocycles. The van der Waals surface area contributed by atoms with Gasteiger partial charge in [-0.25, -0.2) is 0 Å². The summed E-state index contributed by atoms with van der Waals surface area (Å²) < 4.78 is 47.3. The van der Waals surface area contributed by atoms with Crippen molar-refractivity contribution in [2.75, 3.05) is 0 Å². The summed E-state index contributed by atoms with van der Waals surface area (Å²) in [6, 6.07) is 5.37. The van der Waals surface area contributed by atoms with Gasteiger partial charge in [-0.2, -0.15) is 0 Å². The highest BCUT2D eigenvalue weighted by atomic mass is 19.4. The third-order valence-electron chi connectivity index (χ3n) is 3.64. The molecule has 1 aromatic rings. The van der Waals surface area contributed by atoms with Gasteiger partial charge < -0.3 is 15.2 Å². The highest BCUT2D eigenvalue weighted by molar-refractivity contribution is 5.86. The van der Waals surface area contributed by atoms with Crippen LogP contribution >= 0.6 is 0 Å². The van der Waals surface area contributed by atoms with Gasteiger partial charge in [-0.15, -0.1) is 13.2 Å². The van der Waals surface area contributed by atoms with E-state index in [1.54, 1.807) is 26.8 Å². The van der Waals surface area contributed by atoms with Gasteiger partial charge in [-0.3, -0.25) is 4.79 Å². The molecule has 2 rings (SSSR count). The van der Waals surface area contributed by atoms with Crippen LogP contribution in [0.5, 0.6) is 5.75 Å². The molecule has 4 nitrogen and oxygen atoms in total. The van der Waals surface area contributed by atoms with Crippen LogP contribution in [-0.4, -0.2) is 24.0 Å². The Labute approximate surface area is 132 Å². The van der Waals surface area contributed by atoms with Gasteiger partial charge in [0.2, 0.25) is 0 Å². The molecule has 0 heterocycles. The van der Waals surface area contributed by atoms with Crippen LogP contribution < -0.4 is 10.5 Å². The summed E-state index contributed by atoms with van der Waals surface area (Å²) >= 11 is 0. The van der Waals surface area contributed by atoms with Gasteiger partial charge in [-0.05, 0) is 39.7 Å². The Balaban J connectivity index is 2.41. The van der Waals surface area contributed by atoms with Crippen molar-refractivity contribution >= 4 is 5.97 Å². The highest BCUT2D eigenvalue weighted by Crippen LogP contribution is 2.48. The number of alkyl halides is 3. The van der Waals surface area contributed by atoms with Crippen molar-refractivity contribution in [2.24, 2.45) is 5.73 Å². The molecule has 128 valence electrons. The molecule has 7 heteroatoms. The van der Waals surface area contributed by atoms with Crippen LogP contribution in [0.3, 0.4) is 0 Å². The van der Waals surface area contributed by atoms with E-state index in [-0.39, 0.29) is 24.4 Å². The van der Waals surface area contributed by atoms with Crippen LogP contribution in [0.2, 0.25) is 0 Å². The molecular weight excluding hydrogens is 311 g/mol. The topological polar surface area (TPSA) is 61.5 Å². The van der Waals surface area contributed by atoms with Crippen molar-refractivity contribution in [2.45, 2.75) is 57.0 Å². The van der Waals surface area contributed by atoms with Crippen LogP contribution in [0.4, 0.5) is 13.2 Å². The molecule has 1 saturated carbocycles. The first-order valence-electron chi connectivity index (χ1n) is 7.27. The second-order valence-electron chi connectivity index (χ2n) is 6.80. The first-order valence-corrected chi connectivity index (χ1v) is 7.27. The van der Waals surface area contributed by atoms with Crippen molar-refractivity contribution in [3.8, 4) is 5.75 Å². The molecule has 1 fully saturated rings. The Morgan fingerprint density at radius 3 is 2.26 bits per heavy atom. The molecule has 0 radical (unpaired) electrons. The fraction of sp³-hybridized carbons (Fsp3) is 0.562. The Kier molecular flexibility index (Phi) is 4.36. The maximum Gasteiger partial charge on any atom is 0.573 e. The Morgan fingerprint density at radius 1 is 1.22 bits per heavy atom. The molecule has 2 N–H and O–H groups in total. The molecule has 0 bridgehead atoms. The van der Waals surface area contributed by atoms with E-state index in [1.165, 1.54) is 18.2 Å². The van der Waals surface area contributed by atoms with Crippen molar-refractivity contribution in [1.82, 2.24) is 0 Å². The van der Waals surface area contributed by atoms with Crippen LogP contribution in [0.1, 0.15) is 39.2 Å². The molecule has 0 atom stereocenters. The van der Waals surface area contributed by atoms with E-state index in [1.807, 2.05) is 0 Å². The van der Waals surface area contributed by atoms with Crippen LogP contribution in [0.15, 0.2) is 24.3 Å². The minimum atomic E-state index is -4.84. The summed E-state index contributed by atoms with van der Waals surface area (Å²) in [7, 11) is 0. The van der Waals surface area contributed by atoms with Crippen LogP contribution in [0.25, 0.3) is 0 Å². The quantitative estimate of drug-likeness (QED) is 0.864. The molecule has 0 unspecified atom stereocenters. The van der Waals surface area contributed by atoms with Gasteiger partial charge in [0.15, 0.2) is 0 Å². The number of halogens is 3. The summed E-state index contributed by atoms with van der Waals surface area (Å²) in [4.78, 5) is 12.6. The number of benzene rings is 1. The van der Waals surface area contributed by atoms with Gasteiger partial charge in [0.25, 0.3) is 0 Å². The standard InChI is InChI=1S/C16H20F3NO3/c1-14(2,3)23-13(21)15(8-10(20)9-15)11-6-4-5-7-12(11)22-16(17,18)19/h4-7,10H,8-9,20H2,1-3H3. The van der Waals surface area contributed by atoms with E-state index < -0.39 is 29.1 Å². The van der Waals surface area contributed by atoms with E-state index in [0.717, 1.165) is 0 Å². The number of hydrogen-bond donors (Lipinski definition) is 1. The lowest BCUT2D eigenvalue weighted by molar-refractivity contribution is -0.275. The predicted octanol–water partition coefficient (Wildman–Crippen LogP) is 3.29. The third kappa shape index (κ3) is 3.96. The lowest BCUT2D eigenvalue weighted by Crippen LogP contribution is -2.56. The van der Waals surface area contributed by atoms with Crippen molar-refractivity contribution in [3.63, 3.8) is 0 Å². The number of nitrogens with two attached hydrogens (primary N) is 1. The molecule has 0 saturated heterocycles. The average molecular weight is 331 g/mol. The number of rotatable bonds is 3. The van der Waals surface area contributed by atoms with E-state index in [4.69, 9.17) is 10.5 Å². The van der Waals surface area contributed by atoms with Gasteiger partial charge in [-0.1, -0.05) is 18.2 Å². The molecule has 23 heavy (non-hydrogen) atoms. The predicted molar refractivity (Wildman–Crippen MR) is 77.9 cm³/mol. The Hall–Kier alpha value is -1.76. The first-order chi connectivity index (χ1) is 10.4.